The van der Waals surface area contributed by atoms with Gasteiger partial charge in [0.05, 0.1) is 0 Å². The molecule has 0 radical (unpaired) electrons. The molecule has 1 aromatic carbocycles. The van der Waals surface area contributed by atoms with Gasteiger partial charge in [0.2, 0.25) is 0 Å². The molecule has 2 saturated heterocycles. The highest BCUT2D eigenvalue weighted by Crippen LogP contribution is 2.56. The van der Waals surface area contributed by atoms with E-state index in [0.29, 0.717) is 36.1 Å². The first kappa shape index (κ1) is 23.3. The maximum atomic E-state index is 12.5. The summed E-state index contributed by atoms with van der Waals surface area (Å²) in [6.07, 6.45) is 7.90. The molecule has 1 spiro atoms. The van der Waals surface area contributed by atoms with E-state index in [1.165, 1.54) is 18.7 Å². The molecule has 184 valence electrons. The molecule has 7 heteroatoms. The van der Waals surface area contributed by atoms with Crippen molar-refractivity contribution in [2.24, 2.45) is 5.41 Å². The van der Waals surface area contributed by atoms with Crippen LogP contribution in [0.2, 0.25) is 0 Å². The van der Waals surface area contributed by atoms with Crippen molar-refractivity contribution in [3.8, 4) is 0 Å². The van der Waals surface area contributed by atoms with E-state index in [4.69, 9.17) is 4.74 Å². The Balaban J connectivity index is 1.12. The van der Waals surface area contributed by atoms with Gasteiger partial charge in [0.1, 0.15) is 18.3 Å². The lowest BCUT2D eigenvalue weighted by Crippen LogP contribution is -2.48. The second kappa shape index (κ2) is 9.68. The van der Waals surface area contributed by atoms with Crippen molar-refractivity contribution in [3.05, 3.63) is 47.5 Å². The predicted octanol–water partition coefficient (Wildman–Crippen LogP) is 4.97. The molecule has 1 aliphatic carbocycles. The largest absolute Gasteiger partial charge is 0.445 e. The van der Waals surface area contributed by atoms with E-state index in [9.17, 15) is 4.79 Å². The SMILES string of the molecule is Cc1nnc(C2CC3(CCN(C(=O)OCc4ccccc4)CC3)C2)n1C(C)CC1CCC(C)N1. The number of nitrogens with zero attached hydrogens (tertiary/aromatic N) is 4. The topological polar surface area (TPSA) is 72.3 Å². The monoisotopic (exact) mass is 465 g/mol. The normalized spacial score (nSPS) is 25.3. The Hall–Kier alpha value is -2.41. The second-order valence-corrected chi connectivity index (χ2v) is 11.0. The lowest BCUT2D eigenvalue weighted by Gasteiger charge is -2.51. The zero-order valence-electron chi connectivity index (χ0n) is 20.9. The number of aryl methyl sites for hydroxylation is 1. The summed E-state index contributed by atoms with van der Waals surface area (Å²) in [6.45, 7) is 8.60. The van der Waals surface area contributed by atoms with Gasteiger partial charge in [-0.1, -0.05) is 30.3 Å². The Labute approximate surface area is 203 Å². The Bertz CT molecular complexity index is 974. The van der Waals surface area contributed by atoms with Gasteiger partial charge >= 0.3 is 6.09 Å². The van der Waals surface area contributed by atoms with Crippen LogP contribution in [0.5, 0.6) is 0 Å². The number of aromatic nitrogens is 3. The minimum absolute atomic E-state index is 0.186. The molecule has 7 nitrogen and oxygen atoms in total. The summed E-state index contributed by atoms with van der Waals surface area (Å²) >= 11 is 0. The molecule has 1 aromatic heterocycles. The summed E-state index contributed by atoms with van der Waals surface area (Å²) in [5.74, 6) is 2.69. The van der Waals surface area contributed by atoms with E-state index in [-0.39, 0.29) is 6.09 Å². The van der Waals surface area contributed by atoms with Gasteiger partial charge in [-0.3, -0.25) is 0 Å². The highest BCUT2D eigenvalue weighted by Gasteiger charge is 2.48. The van der Waals surface area contributed by atoms with Crippen LogP contribution >= 0.6 is 0 Å². The molecular weight excluding hydrogens is 426 g/mol. The number of ether oxygens (including phenoxy) is 1. The fraction of sp³-hybridized carbons (Fsp3) is 0.667. The number of carbonyl (C=O) groups excluding carboxylic acids is 1. The summed E-state index contributed by atoms with van der Waals surface area (Å²) in [4.78, 5) is 14.4. The molecule has 5 rings (SSSR count). The number of amides is 1. The van der Waals surface area contributed by atoms with Crippen molar-refractivity contribution in [2.45, 2.75) is 96.4 Å². The molecule has 1 saturated carbocycles. The summed E-state index contributed by atoms with van der Waals surface area (Å²) < 4.78 is 7.95. The quantitative estimate of drug-likeness (QED) is 0.652. The van der Waals surface area contributed by atoms with E-state index in [1.807, 2.05) is 35.2 Å². The summed E-state index contributed by atoms with van der Waals surface area (Å²) in [5, 5.41) is 12.8. The summed E-state index contributed by atoms with van der Waals surface area (Å²) in [7, 11) is 0. The molecular formula is C27H39N5O2. The number of benzene rings is 1. The van der Waals surface area contributed by atoms with Gasteiger partial charge < -0.3 is 19.5 Å². The van der Waals surface area contributed by atoms with Crippen molar-refractivity contribution < 1.29 is 9.53 Å². The molecule has 2 aliphatic heterocycles. The van der Waals surface area contributed by atoms with Gasteiger partial charge in [0, 0.05) is 37.1 Å². The van der Waals surface area contributed by atoms with Gasteiger partial charge in [-0.25, -0.2) is 4.79 Å². The van der Waals surface area contributed by atoms with Crippen LogP contribution in [0.3, 0.4) is 0 Å². The lowest BCUT2D eigenvalue weighted by atomic mass is 9.57. The molecule has 3 fully saturated rings. The van der Waals surface area contributed by atoms with Crippen LogP contribution in [-0.2, 0) is 11.3 Å². The molecule has 3 heterocycles. The fourth-order valence-corrected chi connectivity index (χ4v) is 6.48. The van der Waals surface area contributed by atoms with E-state index < -0.39 is 0 Å². The standard InChI is InChI=1S/C27H39N5O2/c1-19-9-10-24(28-19)15-20(2)32-21(3)29-30-25(32)23-16-27(17-23)11-13-31(14-12-27)26(33)34-18-22-7-5-4-6-8-22/h4-8,19-20,23-24,28H,9-18H2,1-3H3. The number of hydrogen-bond acceptors (Lipinski definition) is 5. The average Bonchev–Trinajstić information content (AvgIpc) is 3.41. The van der Waals surface area contributed by atoms with Gasteiger partial charge in [-0.15, -0.1) is 10.2 Å². The van der Waals surface area contributed by atoms with Gasteiger partial charge in [-0.05, 0) is 76.7 Å². The minimum Gasteiger partial charge on any atom is -0.445 e. The van der Waals surface area contributed by atoms with Crippen molar-refractivity contribution in [3.63, 3.8) is 0 Å². The summed E-state index contributed by atoms with van der Waals surface area (Å²) in [6, 6.07) is 11.5. The van der Waals surface area contributed by atoms with Crippen LogP contribution in [0.1, 0.15) is 88.0 Å². The maximum absolute atomic E-state index is 12.5. The third kappa shape index (κ3) is 4.85. The third-order valence-electron chi connectivity index (χ3n) is 8.44. The Kier molecular flexibility index (Phi) is 6.65. The zero-order valence-corrected chi connectivity index (χ0v) is 20.9. The van der Waals surface area contributed by atoms with Gasteiger partial charge in [0.25, 0.3) is 0 Å². The molecule has 34 heavy (non-hydrogen) atoms. The second-order valence-electron chi connectivity index (χ2n) is 11.0. The number of piperidine rings is 1. The van der Waals surface area contributed by atoms with Crippen LogP contribution in [0.15, 0.2) is 30.3 Å². The molecule has 1 amide bonds. The van der Waals surface area contributed by atoms with Crippen LogP contribution in [-0.4, -0.2) is 50.9 Å². The molecule has 3 atom stereocenters. The van der Waals surface area contributed by atoms with E-state index in [0.717, 1.165) is 56.6 Å². The summed E-state index contributed by atoms with van der Waals surface area (Å²) in [5.41, 5.74) is 1.37. The van der Waals surface area contributed by atoms with Crippen LogP contribution in [0, 0.1) is 12.3 Å². The van der Waals surface area contributed by atoms with Gasteiger partial charge in [0.15, 0.2) is 0 Å². The number of nitrogens with one attached hydrogen (secondary N) is 1. The molecule has 2 aromatic rings. The Morgan fingerprint density at radius 3 is 2.59 bits per heavy atom. The predicted molar refractivity (Wildman–Crippen MR) is 132 cm³/mol. The number of carbonyl (C=O) groups is 1. The highest BCUT2D eigenvalue weighted by molar-refractivity contribution is 5.67. The number of hydrogen-bond donors (Lipinski definition) is 1. The highest BCUT2D eigenvalue weighted by atomic mass is 16.6. The molecule has 3 aliphatic rings. The van der Waals surface area contributed by atoms with Gasteiger partial charge in [-0.2, -0.15) is 0 Å². The molecule has 1 N–H and O–H groups in total. The zero-order chi connectivity index (χ0) is 23.7. The number of rotatable bonds is 6. The Morgan fingerprint density at radius 2 is 1.91 bits per heavy atom. The van der Waals surface area contributed by atoms with Crippen molar-refractivity contribution in [1.29, 1.82) is 0 Å². The Morgan fingerprint density at radius 1 is 1.18 bits per heavy atom. The first-order valence-electron chi connectivity index (χ1n) is 13.1. The lowest BCUT2D eigenvalue weighted by molar-refractivity contribution is 0.00707. The first-order valence-corrected chi connectivity index (χ1v) is 13.1. The van der Waals surface area contributed by atoms with Crippen LogP contribution in [0.4, 0.5) is 4.79 Å². The first-order chi connectivity index (χ1) is 16.4. The number of likely N-dealkylation sites (tertiary alicyclic amines) is 1. The molecule has 3 unspecified atom stereocenters. The van der Waals surface area contributed by atoms with E-state index >= 15 is 0 Å². The van der Waals surface area contributed by atoms with Crippen molar-refractivity contribution >= 4 is 6.09 Å². The van der Waals surface area contributed by atoms with Crippen molar-refractivity contribution in [2.75, 3.05) is 13.1 Å². The third-order valence-corrected chi connectivity index (χ3v) is 8.44. The van der Waals surface area contributed by atoms with Crippen LogP contribution in [0.25, 0.3) is 0 Å². The fourth-order valence-electron chi connectivity index (χ4n) is 6.48. The molecule has 0 bridgehead atoms. The minimum atomic E-state index is -0.186. The van der Waals surface area contributed by atoms with Crippen molar-refractivity contribution in [1.82, 2.24) is 25.0 Å². The maximum Gasteiger partial charge on any atom is 0.410 e. The van der Waals surface area contributed by atoms with E-state index in [1.54, 1.807) is 0 Å². The van der Waals surface area contributed by atoms with Crippen LogP contribution < -0.4 is 5.32 Å². The smallest absolute Gasteiger partial charge is 0.410 e. The average molecular weight is 466 g/mol. The van der Waals surface area contributed by atoms with E-state index in [2.05, 4.69) is 40.9 Å².